The molecule has 1 aliphatic rings. The van der Waals surface area contributed by atoms with Crippen molar-refractivity contribution in [2.24, 2.45) is 11.7 Å². The number of hydrogen-bond donors (Lipinski definition) is 1. The molecule has 118 valence electrons. The Bertz CT molecular complexity index is 582. The highest BCUT2D eigenvalue weighted by atomic mass is 16.6. The van der Waals surface area contributed by atoms with Gasteiger partial charge in [-0.2, -0.15) is 0 Å². The zero-order chi connectivity index (χ0) is 16.1. The summed E-state index contributed by atoms with van der Waals surface area (Å²) in [5.74, 6) is -0.739. The van der Waals surface area contributed by atoms with Gasteiger partial charge in [-0.25, -0.2) is 0 Å². The van der Waals surface area contributed by atoms with Crippen LogP contribution in [0.5, 0.6) is 5.75 Å². The van der Waals surface area contributed by atoms with E-state index in [0.29, 0.717) is 25.9 Å². The third-order valence-electron chi connectivity index (χ3n) is 3.66. The third kappa shape index (κ3) is 3.72. The molecule has 0 aliphatic carbocycles. The van der Waals surface area contributed by atoms with E-state index in [1.807, 2.05) is 0 Å². The molecule has 2 N–H and O–H groups in total. The predicted molar refractivity (Wildman–Crippen MR) is 77.1 cm³/mol. The van der Waals surface area contributed by atoms with Crippen molar-refractivity contribution < 1.29 is 19.2 Å². The number of benzene rings is 1. The molecule has 0 aromatic heterocycles. The molecule has 0 spiro atoms. The average molecular weight is 307 g/mol. The van der Waals surface area contributed by atoms with E-state index in [1.54, 1.807) is 11.0 Å². The van der Waals surface area contributed by atoms with Gasteiger partial charge in [0.1, 0.15) is 0 Å². The average Bonchev–Trinajstić information content (AvgIpc) is 2.52. The molecule has 22 heavy (non-hydrogen) atoms. The summed E-state index contributed by atoms with van der Waals surface area (Å²) in [5.41, 5.74) is 5.06. The third-order valence-corrected chi connectivity index (χ3v) is 3.66. The molecule has 1 heterocycles. The van der Waals surface area contributed by atoms with Crippen molar-refractivity contribution in [2.75, 3.05) is 19.7 Å². The minimum absolute atomic E-state index is 0.0628. The van der Waals surface area contributed by atoms with Gasteiger partial charge in [-0.1, -0.05) is 12.1 Å². The first-order valence-electron chi connectivity index (χ1n) is 6.92. The number of nitro benzene ring substituents is 1. The number of para-hydroxylation sites is 2. The largest absolute Gasteiger partial charge is 0.477 e. The highest BCUT2D eigenvalue weighted by Crippen LogP contribution is 2.26. The summed E-state index contributed by atoms with van der Waals surface area (Å²) in [5, 5.41) is 10.9. The number of amides is 2. The smallest absolute Gasteiger partial charge is 0.310 e. The fourth-order valence-corrected chi connectivity index (χ4v) is 2.37. The number of ether oxygens (including phenoxy) is 1. The summed E-state index contributed by atoms with van der Waals surface area (Å²) in [4.78, 5) is 35.0. The van der Waals surface area contributed by atoms with Gasteiger partial charge in [0.05, 0.1) is 4.92 Å². The van der Waals surface area contributed by atoms with Crippen LogP contribution in [0.4, 0.5) is 5.69 Å². The molecular weight excluding hydrogens is 290 g/mol. The fraction of sp³-hybridized carbons (Fsp3) is 0.429. The minimum atomic E-state index is -0.557. The van der Waals surface area contributed by atoms with Crippen molar-refractivity contribution >= 4 is 17.5 Å². The normalized spacial score (nSPS) is 15.4. The lowest BCUT2D eigenvalue weighted by Gasteiger charge is -2.30. The van der Waals surface area contributed by atoms with E-state index in [-0.39, 0.29) is 35.8 Å². The second-order valence-corrected chi connectivity index (χ2v) is 5.07. The molecule has 1 aromatic rings. The lowest BCUT2D eigenvalue weighted by Crippen LogP contribution is -2.43. The predicted octanol–water partition coefficient (Wildman–Crippen LogP) is 0.698. The van der Waals surface area contributed by atoms with Crippen molar-refractivity contribution in [3.8, 4) is 5.75 Å². The second kappa shape index (κ2) is 6.88. The molecule has 0 bridgehead atoms. The summed E-state index contributed by atoms with van der Waals surface area (Å²) in [6.07, 6.45) is 1.07. The Morgan fingerprint density at radius 1 is 1.32 bits per heavy atom. The van der Waals surface area contributed by atoms with Gasteiger partial charge in [-0.15, -0.1) is 0 Å². The summed E-state index contributed by atoms with van der Waals surface area (Å²) in [6.45, 7) is 0.603. The first-order chi connectivity index (χ1) is 10.5. The van der Waals surface area contributed by atoms with Gasteiger partial charge in [0.15, 0.2) is 12.4 Å². The maximum absolute atomic E-state index is 12.0. The van der Waals surface area contributed by atoms with Gasteiger partial charge in [0.2, 0.25) is 5.91 Å². The van der Waals surface area contributed by atoms with E-state index < -0.39 is 4.92 Å². The SMILES string of the molecule is NC(=O)C1CCN(C(=O)COc2ccccc2[N+](=O)[O-])CC1. The monoisotopic (exact) mass is 307 g/mol. The van der Waals surface area contributed by atoms with E-state index in [4.69, 9.17) is 10.5 Å². The van der Waals surface area contributed by atoms with Crippen molar-refractivity contribution in [1.29, 1.82) is 0 Å². The van der Waals surface area contributed by atoms with E-state index in [2.05, 4.69) is 0 Å². The van der Waals surface area contributed by atoms with Crippen molar-refractivity contribution in [2.45, 2.75) is 12.8 Å². The number of nitrogens with zero attached hydrogens (tertiary/aromatic N) is 2. The van der Waals surface area contributed by atoms with Gasteiger partial charge in [0, 0.05) is 25.1 Å². The fourth-order valence-electron chi connectivity index (χ4n) is 2.37. The molecule has 8 nitrogen and oxygen atoms in total. The quantitative estimate of drug-likeness (QED) is 0.635. The van der Waals surface area contributed by atoms with Crippen LogP contribution in [0.1, 0.15) is 12.8 Å². The lowest BCUT2D eigenvalue weighted by atomic mass is 9.96. The molecule has 0 atom stereocenters. The van der Waals surface area contributed by atoms with Gasteiger partial charge < -0.3 is 15.4 Å². The zero-order valence-electron chi connectivity index (χ0n) is 11.9. The van der Waals surface area contributed by atoms with Gasteiger partial charge in [-0.05, 0) is 18.9 Å². The Hall–Kier alpha value is -2.64. The highest BCUT2D eigenvalue weighted by Gasteiger charge is 2.26. The number of piperidine rings is 1. The standard InChI is InChI=1S/C14H17N3O5/c15-14(19)10-5-7-16(8-6-10)13(18)9-22-12-4-2-1-3-11(12)17(20)21/h1-4,10H,5-9H2,(H2,15,19). The molecule has 2 rings (SSSR count). The van der Waals surface area contributed by atoms with Crippen molar-refractivity contribution in [1.82, 2.24) is 4.90 Å². The molecule has 1 aliphatic heterocycles. The Kier molecular flexibility index (Phi) is 4.92. The van der Waals surface area contributed by atoms with Gasteiger partial charge >= 0.3 is 5.69 Å². The molecule has 0 radical (unpaired) electrons. The van der Waals surface area contributed by atoms with Crippen LogP contribution in [-0.2, 0) is 9.59 Å². The van der Waals surface area contributed by atoms with E-state index in [0.717, 1.165) is 0 Å². The van der Waals surface area contributed by atoms with Crippen LogP contribution >= 0.6 is 0 Å². The number of carbonyl (C=O) groups is 2. The summed E-state index contributed by atoms with van der Waals surface area (Å²) < 4.78 is 5.26. The Morgan fingerprint density at radius 2 is 1.95 bits per heavy atom. The summed E-state index contributed by atoms with van der Waals surface area (Å²) in [7, 11) is 0. The van der Waals surface area contributed by atoms with Crippen LogP contribution in [0, 0.1) is 16.0 Å². The maximum atomic E-state index is 12.0. The lowest BCUT2D eigenvalue weighted by molar-refractivity contribution is -0.385. The second-order valence-electron chi connectivity index (χ2n) is 5.07. The molecule has 0 unspecified atom stereocenters. The molecule has 1 aromatic carbocycles. The zero-order valence-corrected chi connectivity index (χ0v) is 11.9. The summed E-state index contributed by atoms with van der Waals surface area (Å²) in [6, 6.07) is 5.90. The topological polar surface area (TPSA) is 116 Å². The number of nitro groups is 1. The molecule has 1 saturated heterocycles. The van der Waals surface area contributed by atoms with Crippen LogP contribution < -0.4 is 10.5 Å². The van der Waals surface area contributed by atoms with Crippen molar-refractivity contribution in [3.05, 3.63) is 34.4 Å². The number of primary amides is 1. The molecular formula is C14H17N3O5. The molecule has 1 fully saturated rings. The van der Waals surface area contributed by atoms with Gasteiger partial charge in [0.25, 0.3) is 5.91 Å². The van der Waals surface area contributed by atoms with Gasteiger partial charge in [-0.3, -0.25) is 19.7 Å². The maximum Gasteiger partial charge on any atom is 0.310 e. The van der Waals surface area contributed by atoms with Crippen molar-refractivity contribution in [3.63, 3.8) is 0 Å². The number of hydrogen-bond acceptors (Lipinski definition) is 5. The van der Waals surface area contributed by atoms with Crippen LogP contribution in [0.3, 0.4) is 0 Å². The first-order valence-corrected chi connectivity index (χ1v) is 6.92. The number of nitrogens with two attached hydrogens (primary N) is 1. The summed E-state index contributed by atoms with van der Waals surface area (Å²) >= 11 is 0. The number of rotatable bonds is 5. The minimum Gasteiger partial charge on any atom is -0.477 e. The first kappa shape index (κ1) is 15.7. The van der Waals surface area contributed by atoms with E-state index >= 15 is 0 Å². The van der Waals surface area contributed by atoms with E-state index in [1.165, 1.54) is 18.2 Å². The van der Waals surface area contributed by atoms with Crippen LogP contribution in [0.25, 0.3) is 0 Å². The van der Waals surface area contributed by atoms with Crippen LogP contribution in [0.15, 0.2) is 24.3 Å². The molecule has 8 heteroatoms. The van der Waals surface area contributed by atoms with E-state index in [9.17, 15) is 19.7 Å². The Balaban J connectivity index is 1.89. The molecule has 2 amide bonds. The number of carbonyl (C=O) groups excluding carboxylic acids is 2. The molecule has 0 saturated carbocycles. The Morgan fingerprint density at radius 3 is 2.55 bits per heavy atom. The van der Waals surface area contributed by atoms with Crippen LogP contribution in [0.2, 0.25) is 0 Å². The Labute approximate surface area is 127 Å². The number of likely N-dealkylation sites (tertiary alicyclic amines) is 1. The van der Waals surface area contributed by atoms with Crippen LogP contribution in [-0.4, -0.2) is 41.3 Å². The highest BCUT2D eigenvalue weighted by molar-refractivity contribution is 5.79.